The molecule has 4 nitrogen and oxygen atoms in total. The van der Waals surface area contributed by atoms with Crippen LogP contribution in [0.1, 0.15) is 35.3 Å². The molecule has 24 heavy (non-hydrogen) atoms. The van der Waals surface area contributed by atoms with Crippen LogP contribution in [0.15, 0.2) is 48.5 Å². The first-order chi connectivity index (χ1) is 11.4. The van der Waals surface area contributed by atoms with E-state index in [2.05, 4.69) is 0 Å². The highest BCUT2D eigenvalue weighted by Gasteiger charge is 2.37. The zero-order chi connectivity index (χ0) is 17.3. The number of carbonyl (C=O) groups is 1. The Balaban J connectivity index is 1.84. The number of ether oxygens (including phenoxy) is 1. The Morgan fingerprint density at radius 3 is 2.58 bits per heavy atom. The molecule has 2 N–H and O–H groups in total. The number of phenolic OH excluding ortho intramolecular Hbond substituents is 1. The zero-order valence-electron chi connectivity index (χ0n) is 13.7. The first kappa shape index (κ1) is 16.3. The lowest BCUT2D eigenvalue weighted by Crippen LogP contribution is -2.39. The van der Waals surface area contributed by atoms with Gasteiger partial charge in [-0.25, -0.2) is 0 Å². The van der Waals surface area contributed by atoms with E-state index in [1.807, 2.05) is 30.3 Å². The molecule has 0 bridgehead atoms. The van der Waals surface area contributed by atoms with Crippen molar-refractivity contribution in [1.82, 2.24) is 0 Å². The molecule has 0 saturated carbocycles. The summed E-state index contributed by atoms with van der Waals surface area (Å²) in [4.78, 5) is 12.4. The van der Waals surface area contributed by atoms with Crippen LogP contribution in [0, 0.1) is 0 Å². The normalized spacial score (nSPS) is 16.9. The molecule has 1 atom stereocenters. The third-order valence-electron chi connectivity index (χ3n) is 4.18. The van der Waals surface area contributed by atoms with Crippen LogP contribution in [-0.2, 0) is 6.42 Å². The van der Waals surface area contributed by atoms with Gasteiger partial charge in [-0.1, -0.05) is 36.4 Å². The van der Waals surface area contributed by atoms with Gasteiger partial charge in [0, 0.05) is 12.0 Å². The lowest BCUT2D eigenvalue weighted by molar-refractivity contribution is -0.0229. The van der Waals surface area contributed by atoms with Crippen molar-refractivity contribution < 1.29 is 19.7 Å². The van der Waals surface area contributed by atoms with Crippen molar-refractivity contribution in [2.75, 3.05) is 0 Å². The number of carbonyl (C=O) groups excluding carboxylic acids is 1. The Kier molecular flexibility index (Phi) is 4.16. The van der Waals surface area contributed by atoms with Gasteiger partial charge in [0.1, 0.15) is 17.6 Å². The minimum Gasteiger partial charge on any atom is -0.507 e. The highest BCUT2D eigenvalue weighted by molar-refractivity contribution is 6.09. The monoisotopic (exact) mass is 324 g/mol. The summed E-state index contributed by atoms with van der Waals surface area (Å²) in [6, 6.07) is 12.7. The first-order valence-electron chi connectivity index (χ1n) is 7.87. The third kappa shape index (κ3) is 3.19. The standard InChI is InChI=1S/C20H20O4/c1-20(2,23)18-12-15-17(24-18)11-9-14(19(15)22)16(21)10-8-13-6-4-3-5-7-13/h3-11,18,22-23H,12H2,1-2H3/b10-8+/t18-/m1/s1. The Morgan fingerprint density at radius 2 is 1.92 bits per heavy atom. The molecule has 0 unspecified atom stereocenters. The number of allylic oxidation sites excluding steroid dienone is 1. The molecule has 0 saturated heterocycles. The van der Waals surface area contributed by atoms with Gasteiger partial charge in [0.05, 0.1) is 11.2 Å². The minimum atomic E-state index is -1.02. The van der Waals surface area contributed by atoms with Crippen LogP contribution in [0.3, 0.4) is 0 Å². The van der Waals surface area contributed by atoms with E-state index in [0.717, 1.165) is 5.56 Å². The fraction of sp³-hybridized carbons (Fsp3) is 0.250. The topological polar surface area (TPSA) is 66.8 Å². The SMILES string of the molecule is CC(C)(O)[C@H]1Cc2c(ccc(C(=O)/C=C/c3ccccc3)c2O)O1. The number of ketones is 1. The zero-order valence-corrected chi connectivity index (χ0v) is 13.7. The summed E-state index contributed by atoms with van der Waals surface area (Å²) in [5.41, 5.74) is 0.696. The van der Waals surface area contributed by atoms with Crippen molar-refractivity contribution in [3.8, 4) is 11.5 Å². The van der Waals surface area contributed by atoms with Gasteiger partial charge in [-0.05, 0) is 37.6 Å². The lowest BCUT2D eigenvalue weighted by Gasteiger charge is -2.24. The molecule has 0 spiro atoms. The van der Waals surface area contributed by atoms with E-state index in [0.29, 0.717) is 17.7 Å². The van der Waals surface area contributed by atoms with E-state index in [4.69, 9.17) is 4.74 Å². The van der Waals surface area contributed by atoms with Crippen LogP contribution in [0.25, 0.3) is 6.08 Å². The summed E-state index contributed by atoms with van der Waals surface area (Å²) in [6.07, 6.45) is 3.09. The van der Waals surface area contributed by atoms with Crippen molar-refractivity contribution in [3.63, 3.8) is 0 Å². The Bertz CT molecular complexity index is 785. The van der Waals surface area contributed by atoms with E-state index in [-0.39, 0.29) is 17.1 Å². The Morgan fingerprint density at radius 1 is 1.21 bits per heavy atom. The van der Waals surface area contributed by atoms with E-state index < -0.39 is 11.7 Å². The van der Waals surface area contributed by atoms with E-state index >= 15 is 0 Å². The number of hydrogen-bond acceptors (Lipinski definition) is 4. The molecule has 3 rings (SSSR count). The molecule has 1 aliphatic heterocycles. The lowest BCUT2D eigenvalue weighted by atomic mass is 9.95. The maximum Gasteiger partial charge on any atom is 0.189 e. The molecule has 2 aromatic rings. The highest BCUT2D eigenvalue weighted by atomic mass is 16.5. The van der Waals surface area contributed by atoms with Crippen LogP contribution in [0.4, 0.5) is 0 Å². The average Bonchev–Trinajstić information content (AvgIpc) is 2.99. The van der Waals surface area contributed by atoms with Crippen molar-refractivity contribution >= 4 is 11.9 Å². The summed E-state index contributed by atoms with van der Waals surface area (Å²) < 4.78 is 5.68. The summed E-state index contributed by atoms with van der Waals surface area (Å²) in [5.74, 6) is 0.177. The molecule has 0 radical (unpaired) electrons. The van der Waals surface area contributed by atoms with Crippen LogP contribution in [0.2, 0.25) is 0 Å². The second-order valence-corrected chi connectivity index (χ2v) is 6.51. The van der Waals surface area contributed by atoms with Gasteiger partial charge in [-0.2, -0.15) is 0 Å². The Labute approximate surface area is 141 Å². The van der Waals surface area contributed by atoms with Crippen molar-refractivity contribution in [3.05, 3.63) is 65.2 Å². The molecule has 124 valence electrons. The Hall–Kier alpha value is -2.59. The first-order valence-corrected chi connectivity index (χ1v) is 7.87. The van der Waals surface area contributed by atoms with Crippen molar-refractivity contribution in [2.24, 2.45) is 0 Å². The average molecular weight is 324 g/mol. The molecule has 2 aromatic carbocycles. The molecule has 0 aliphatic carbocycles. The van der Waals surface area contributed by atoms with E-state index in [1.165, 1.54) is 6.08 Å². The number of benzene rings is 2. The quantitative estimate of drug-likeness (QED) is 0.668. The molecule has 0 fully saturated rings. The number of aliphatic hydroxyl groups is 1. The van der Waals surface area contributed by atoms with Crippen LogP contribution >= 0.6 is 0 Å². The van der Waals surface area contributed by atoms with Crippen LogP contribution < -0.4 is 4.74 Å². The fourth-order valence-electron chi connectivity index (χ4n) is 2.72. The number of fused-ring (bicyclic) bond motifs is 1. The molecule has 0 aromatic heterocycles. The minimum absolute atomic E-state index is 0.0676. The van der Waals surface area contributed by atoms with Crippen LogP contribution in [0.5, 0.6) is 11.5 Å². The van der Waals surface area contributed by atoms with Gasteiger partial charge in [0.15, 0.2) is 5.78 Å². The van der Waals surface area contributed by atoms with Gasteiger partial charge < -0.3 is 14.9 Å². The predicted molar refractivity (Wildman–Crippen MR) is 92.3 cm³/mol. The summed E-state index contributed by atoms with van der Waals surface area (Å²) in [7, 11) is 0. The number of hydrogen-bond donors (Lipinski definition) is 2. The number of rotatable bonds is 4. The molecule has 1 aliphatic rings. The molecular weight excluding hydrogens is 304 g/mol. The smallest absolute Gasteiger partial charge is 0.189 e. The third-order valence-corrected chi connectivity index (χ3v) is 4.18. The van der Waals surface area contributed by atoms with Gasteiger partial charge in [0.25, 0.3) is 0 Å². The van der Waals surface area contributed by atoms with Crippen molar-refractivity contribution in [2.45, 2.75) is 32.0 Å². The number of aromatic hydroxyl groups is 1. The summed E-state index contributed by atoms with van der Waals surface area (Å²) in [5, 5.41) is 20.5. The molecular formula is C20H20O4. The molecule has 1 heterocycles. The maximum absolute atomic E-state index is 12.4. The second-order valence-electron chi connectivity index (χ2n) is 6.51. The molecule has 4 heteroatoms. The van der Waals surface area contributed by atoms with Gasteiger partial charge in [-0.3, -0.25) is 4.79 Å². The largest absolute Gasteiger partial charge is 0.507 e. The highest BCUT2D eigenvalue weighted by Crippen LogP contribution is 2.40. The predicted octanol–water partition coefficient (Wildman–Crippen LogP) is 3.36. The van der Waals surface area contributed by atoms with Gasteiger partial charge in [0.2, 0.25) is 0 Å². The number of phenols is 1. The van der Waals surface area contributed by atoms with Crippen LogP contribution in [-0.4, -0.2) is 27.7 Å². The van der Waals surface area contributed by atoms with Gasteiger partial charge in [-0.15, -0.1) is 0 Å². The maximum atomic E-state index is 12.4. The second kappa shape index (κ2) is 6.13. The van der Waals surface area contributed by atoms with Gasteiger partial charge >= 0.3 is 0 Å². The van der Waals surface area contributed by atoms with Crippen molar-refractivity contribution in [1.29, 1.82) is 0 Å². The van der Waals surface area contributed by atoms with E-state index in [9.17, 15) is 15.0 Å². The summed E-state index contributed by atoms with van der Waals surface area (Å²) >= 11 is 0. The van der Waals surface area contributed by atoms with E-state index in [1.54, 1.807) is 32.1 Å². The molecule has 0 amide bonds. The summed E-state index contributed by atoms with van der Waals surface area (Å²) in [6.45, 7) is 3.32. The fourth-order valence-corrected chi connectivity index (χ4v) is 2.72.